The van der Waals surface area contributed by atoms with Crippen LogP contribution in [-0.4, -0.2) is 38.0 Å². The Balaban J connectivity index is 1.81. The van der Waals surface area contributed by atoms with E-state index < -0.39 is 21.6 Å². The molecule has 1 aromatic heterocycles. The summed E-state index contributed by atoms with van der Waals surface area (Å²) in [7, 11) is -4.00. The molecule has 3 aromatic rings. The molecule has 178 valence electrons. The van der Waals surface area contributed by atoms with Crippen molar-refractivity contribution in [2.45, 2.75) is 43.0 Å². The Morgan fingerprint density at radius 3 is 2.68 bits per heavy atom. The maximum Gasteiger partial charge on any atom is 0.325 e. The molecule has 0 spiro atoms. The number of carbonyl (C=O) groups is 2. The average molecular weight is 485 g/mol. The molecule has 0 bridgehead atoms. The average Bonchev–Trinajstić information content (AvgIpc) is 3.06. The summed E-state index contributed by atoms with van der Waals surface area (Å²) in [4.78, 5) is 24.9. The summed E-state index contributed by atoms with van der Waals surface area (Å²) < 4.78 is 47.3. The van der Waals surface area contributed by atoms with E-state index in [9.17, 15) is 22.4 Å². The van der Waals surface area contributed by atoms with Crippen LogP contribution in [-0.2, 0) is 38.8 Å². The maximum atomic E-state index is 13.8. The number of aromatic nitrogens is 1. The molecular formula is C25H25FN2O5S. The zero-order valence-electron chi connectivity index (χ0n) is 18.9. The predicted octanol–water partition coefficient (Wildman–Crippen LogP) is 3.21. The van der Waals surface area contributed by atoms with E-state index >= 15 is 0 Å². The first-order valence-corrected chi connectivity index (χ1v) is 12.5. The first-order chi connectivity index (χ1) is 16.2. The molecule has 7 nitrogen and oxygen atoms in total. The highest BCUT2D eigenvalue weighted by Gasteiger charge is 2.30. The number of sulfone groups is 1. The van der Waals surface area contributed by atoms with Crippen LogP contribution >= 0.6 is 0 Å². The number of hydrogen-bond acceptors (Lipinski definition) is 5. The van der Waals surface area contributed by atoms with E-state index in [1.807, 2.05) is 6.92 Å². The van der Waals surface area contributed by atoms with Gasteiger partial charge in [-0.2, -0.15) is 0 Å². The Kier molecular flexibility index (Phi) is 6.56. The summed E-state index contributed by atoms with van der Waals surface area (Å²) in [5, 5.41) is 2.83. The molecule has 0 radical (unpaired) electrons. The molecule has 0 saturated carbocycles. The van der Waals surface area contributed by atoms with E-state index in [-0.39, 0.29) is 35.3 Å². The molecule has 34 heavy (non-hydrogen) atoms. The number of nitrogens with zero attached hydrogens (tertiary/aromatic N) is 1. The van der Waals surface area contributed by atoms with E-state index in [0.717, 1.165) is 11.8 Å². The summed E-state index contributed by atoms with van der Waals surface area (Å²) in [6.45, 7) is 4.20. The van der Waals surface area contributed by atoms with Gasteiger partial charge in [0.15, 0.2) is 0 Å². The van der Waals surface area contributed by atoms with E-state index in [2.05, 4.69) is 5.32 Å². The van der Waals surface area contributed by atoms with E-state index in [1.54, 1.807) is 29.7 Å². The molecule has 0 fully saturated rings. The van der Waals surface area contributed by atoms with Crippen LogP contribution < -0.4 is 5.32 Å². The highest BCUT2D eigenvalue weighted by atomic mass is 32.2. The van der Waals surface area contributed by atoms with Gasteiger partial charge in [0.05, 0.1) is 22.0 Å². The number of ether oxygens (including phenoxy) is 1. The van der Waals surface area contributed by atoms with Crippen molar-refractivity contribution < 1.29 is 27.1 Å². The molecular weight excluding hydrogens is 459 g/mol. The molecule has 0 aliphatic carbocycles. The number of nitrogens with one attached hydrogen (secondary N) is 1. The number of halogens is 1. The first kappa shape index (κ1) is 23.7. The number of fused-ring (bicyclic) bond motifs is 1. The van der Waals surface area contributed by atoms with Crippen molar-refractivity contribution in [2.75, 3.05) is 13.2 Å². The van der Waals surface area contributed by atoms with Crippen LogP contribution in [0.4, 0.5) is 4.39 Å². The van der Waals surface area contributed by atoms with Gasteiger partial charge in [0.1, 0.15) is 12.4 Å². The normalized spacial score (nSPS) is 13.3. The summed E-state index contributed by atoms with van der Waals surface area (Å²) in [6, 6.07) is 11.4. The zero-order chi connectivity index (χ0) is 24.5. The van der Waals surface area contributed by atoms with Crippen molar-refractivity contribution in [3.63, 3.8) is 0 Å². The van der Waals surface area contributed by atoms with E-state index in [1.165, 1.54) is 24.3 Å². The molecule has 1 aliphatic rings. The van der Waals surface area contributed by atoms with Crippen LogP contribution in [0.25, 0.3) is 0 Å². The van der Waals surface area contributed by atoms with Gasteiger partial charge in [-0.1, -0.05) is 24.3 Å². The third kappa shape index (κ3) is 4.35. The van der Waals surface area contributed by atoms with Crippen LogP contribution in [0.5, 0.6) is 0 Å². The van der Waals surface area contributed by atoms with Gasteiger partial charge in [-0.15, -0.1) is 0 Å². The molecule has 2 heterocycles. The van der Waals surface area contributed by atoms with Crippen molar-refractivity contribution in [1.29, 1.82) is 0 Å². The fraction of sp³-hybridized carbons (Fsp3) is 0.280. The highest BCUT2D eigenvalue weighted by Crippen LogP contribution is 2.31. The minimum atomic E-state index is -4.00. The van der Waals surface area contributed by atoms with Crippen molar-refractivity contribution >= 4 is 21.7 Å². The third-order valence-electron chi connectivity index (χ3n) is 5.96. The second-order valence-electron chi connectivity index (χ2n) is 8.03. The monoisotopic (exact) mass is 484 g/mol. The van der Waals surface area contributed by atoms with Gasteiger partial charge in [0.2, 0.25) is 9.84 Å². The van der Waals surface area contributed by atoms with Gasteiger partial charge in [-0.05, 0) is 49.2 Å². The van der Waals surface area contributed by atoms with Gasteiger partial charge >= 0.3 is 5.97 Å². The predicted molar refractivity (Wildman–Crippen MR) is 123 cm³/mol. The van der Waals surface area contributed by atoms with Crippen LogP contribution in [0.1, 0.15) is 39.8 Å². The van der Waals surface area contributed by atoms with E-state index in [0.29, 0.717) is 35.3 Å². The molecule has 0 atom stereocenters. The highest BCUT2D eigenvalue weighted by molar-refractivity contribution is 7.91. The summed E-state index contributed by atoms with van der Waals surface area (Å²) in [6.07, 6.45) is 0.701. The fourth-order valence-corrected chi connectivity index (χ4v) is 5.92. The lowest BCUT2D eigenvalue weighted by Crippen LogP contribution is -2.33. The minimum absolute atomic E-state index is 0.0292. The van der Waals surface area contributed by atoms with E-state index in [4.69, 9.17) is 4.74 Å². The fourth-order valence-electron chi connectivity index (χ4n) is 4.40. The topological polar surface area (TPSA) is 94.5 Å². The quantitative estimate of drug-likeness (QED) is 0.520. The first-order valence-electron chi connectivity index (χ1n) is 11.0. The van der Waals surface area contributed by atoms with Crippen molar-refractivity contribution in [2.24, 2.45) is 0 Å². The summed E-state index contributed by atoms with van der Waals surface area (Å²) >= 11 is 0. The van der Waals surface area contributed by atoms with Gasteiger partial charge in [-0.25, -0.2) is 12.8 Å². The summed E-state index contributed by atoms with van der Waals surface area (Å²) in [5.41, 5.74) is 3.02. The molecule has 4 rings (SSSR count). The smallest absolute Gasteiger partial charge is 0.325 e. The molecule has 1 aliphatic heterocycles. The number of amides is 1. The number of benzene rings is 2. The van der Waals surface area contributed by atoms with Gasteiger partial charge in [0.25, 0.3) is 5.91 Å². The number of rotatable bonds is 7. The Hall–Kier alpha value is -3.46. The molecule has 2 aromatic carbocycles. The number of carbonyl (C=O) groups excluding carboxylic acids is 2. The lowest BCUT2D eigenvalue weighted by Gasteiger charge is -2.17. The van der Waals surface area contributed by atoms with Crippen LogP contribution in [0.3, 0.4) is 0 Å². The molecule has 9 heteroatoms. The SMILES string of the molecule is CCOC(=O)Cn1c(C)c(Cc2ccccc2S(=O)(=O)c2cccc(F)c2)c2c1CCNC2=O. The Morgan fingerprint density at radius 2 is 1.94 bits per heavy atom. The van der Waals surface area contributed by atoms with Crippen molar-refractivity contribution in [3.8, 4) is 0 Å². The zero-order valence-corrected chi connectivity index (χ0v) is 19.7. The van der Waals surface area contributed by atoms with Crippen LogP contribution in [0, 0.1) is 12.7 Å². The Morgan fingerprint density at radius 1 is 1.18 bits per heavy atom. The number of esters is 1. The van der Waals surface area contributed by atoms with Gasteiger partial charge < -0.3 is 14.6 Å². The van der Waals surface area contributed by atoms with Gasteiger partial charge in [-0.3, -0.25) is 9.59 Å². The van der Waals surface area contributed by atoms with Crippen molar-refractivity contribution in [1.82, 2.24) is 9.88 Å². The van der Waals surface area contributed by atoms with Crippen molar-refractivity contribution in [3.05, 3.63) is 82.4 Å². The van der Waals surface area contributed by atoms with Crippen LogP contribution in [0.15, 0.2) is 58.3 Å². The number of hydrogen-bond donors (Lipinski definition) is 1. The summed E-state index contributed by atoms with van der Waals surface area (Å²) in [5.74, 6) is -1.31. The van der Waals surface area contributed by atoms with Crippen LogP contribution in [0.2, 0.25) is 0 Å². The van der Waals surface area contributed by atoms with Gasteiger partial charge in [0, 0.05) is 30.8 Å². The molecule has 0 saturated heterocycles. The molecule has 0 unspecified atom stereocenters. The maximum absolute atomic E-state index is 13.8. The molecule has 1 N–H and O–H groups in total. The Bertz CT molecular complexity index is 1380. The Labute approximate surface area is 197 Å². The lowest BCUT2D eigenvalue weighted by atomic mass is 9.97. The largest absolute Gasteiger partial charge is 0.465 e. The minimum Gasteiger partial charge on any atom is -0.465 e. The molecule has 1 amide bonds. The third-order valence-corrected chi connectivity index (χ3v) is 7.81. The lowest BCUT2D eigenvalue weighted by molar-refractivity contribution is -0.143. The standard InChI is InChI=1S/C25H25FN2O5S/c1-3-33-23(29)15-28-16(2)20(24-21(28)11-12-27-25(24)30)13-17-7-4-5-10-22(17)34(31,32)19-9-6-8-18(26)14-19/h4-10,14H,3,11-13,15H2,1-2H3,(H,27,30). The second kappa shape index (κ2) is 9.42. The second-order valence-corrected chi connectivity index (χ2v) is 9.95.